The molecule has 1 unspecified atom stereocenters. The number of aryl methyl sites for hydroxylation is 1. The van der Waals surface area contributed by atoms with Gasteiger partial charge in [0.15, 0.2) is 0 Å². The summed E-state index contributed by atoms with van der Waals surface area (Å²) < 4.78 is 13.1. The number of rotatable bonds is 3. The van der Waals surface area contributed by atoms with Crippen LogP contribution in [-0.2, 0) is 6.42 Å². The summed E-state index contributed by atoms with van der Waals surface area (Å²) in [5.41, 5.74) is 1.58. The van der Waals surface area contributed by atoms with Crippen molar-refractivity contribution in [1.29, 1.82) is 0 Å². The van der Waals surface area contributed by atoms with Gasteiger partial charge < -0.3 is 5.11 Å². The molecular weight excluding hydrogens is 155 g/mol. The van der Waals surface area contributed by atoms with Crippen LogP contribution in [0.3, 0.4) is 0 Å². The largest absolute Gasteiger partial charge is 0.393 e. The molecule has 1 aromatic carbocycles. The Hall–Kier alpha value is -0.890. The molecule has 0 amide bonds. The van der Waals surface area contributed by atoms with Crippen LogP contribution in [-0.4, -0.2) is 11.7 Å². The van der Waals surface area contributed by atoms with Crippen LogP contribution in [0.1, 0.15) is 24.2 Å². The van der Waals surface area contributed by atoms with Crippen LogP contribution < -0.4 is 0 Å². The Labute approximate surface area is 71.9 Å². The average Bonchev–Trinajstić information content (AvgIpc) is 2.16. The highest BCUT2D eigenvalue weighted by Gasteiger charge is 2.10. The minimum Gasteiger partial charge on any atom is -0.393 e. The second-order valence-corrected chi connectivity index (χ2v) is 2.70. The first kappa shape index (κ1) is 9.20. The molecule has 0 heterocycles. The topological polar surface area (TPSA) is 20.2 Å². The van der Waals surface area contributed by atoms with E-state index in [1.165, 1.54) is 0 Å². The van der Waals surface area contributed by atoms with Gasteiger partial charge in [-0.3, -0.25) is 0 Å². The molecule has 0 aliphatic carbocycles. The summed E-state index contributed by atoms with van der Waals surface area (Å²) in [6.07, 6.45) is -0.433. The summed E-state index contributed by atoms with van der Waals surface area (Å²) >= 11 is 0. The molecule has 1 rings (SSSR count). The maximum absolute atomic E-state index is 13.1. The van der Waals surface area contributed by atoms with Crippen LogP contribution in [0.5, 0.6) is 0 Å². The summed E-state index contributed by atoms with van der Waals surface area (Å²) in [7, 11) is 0. The van der Waals surface area contributed by atoms with Gasteiger partial charge in [0.2, 0.25) is 0 Å². The average molecular weight is 168 g/mol. The molecule has 12 heavy (non-hydrogen) atoms. The van der Waals surface area contributed by atoms with Crippen molar-refractivity contribution in [3.05, 3.63) is 35.4 Å². The predicted molar refractivity (Wildman–Crippen MR) is 46.8 cm³/mol. The van der Waals surface area contributed by atoms with E-state index in [4.69, 9.17) is 5.11 Å². The molecule has 0 saturated carbocycles. The lowest BCUT2D eigenvalue weighted by atomic mass is 10.0. The SMILES string of the molecule is CCc1ccccc1C(F)CO. The minimum atomic E-state index is -1.24. The van der Waals surface area contributed by atoms with Crippen LogP contribution in [0.25, 0.3) is 0 Å². The van der Waals surface area contributed by atoms with Gasteiger partial charge in [0.05, 0.1) is 6.61 Å². The molecule has 1 N–H and O–H groups in total. The van der Waals surface area contributed by atoms with E-state index in [0.717, 1.165) is 12.0 Å². The molecule has 0 fully saturated rings. The van der Waals surface area contributed by atoms with Crippen LogP contribution in [0.2, 0.25) is 0 Å². The lowest BCUT2D eigenvalue weighted by Gasteiger charge is -2.09. The van der Waals surface area contributed by atoms with E-state index in [0.29, 0.717) is 5.56 Å². The zero-order valence-electron chi connectivity index (χ0n) is 7.13. The Morgan fingerprint density at radius 1 is 1.42 bits per heavy atom. The fourth-order valence-electron chi connectivity index (χ4n) is 1.26. The minimum absolute atomic E-state index is 0.434. The Balaban J connectivity index is 2.96. The highest BCUT2D eigenvalue weighted by Crippen LogP contribution is 2.20. The number of hydrogen-bond acceptors (Lipinski definition) is 1. The third kappa shape index (κ3) is 1.83. The normalized spacial score (nSPS) is 12.9. The molecule has 0 saturated heterocycles. The lowest BCUT2D eigenvalue weighted by molar-refractivity contribution is 0.179. The summed E-state index contributed by atoms with van der Waals surface area (Å²) in [5.74, 6) is 0. The predicted octanol–water partition coefficient (Wildman–Crippen LogP) is 2.25. The number of benzene rings is 1. The van der Waals surface area contributed by atoms with Crippen molar-refractivity contribution in [3.63, 3.8) is 0 Å². The molecule has 66 valence electrons. The van der Waals surface area contributed by atoms with Gasteiger partial charge in [-0.05, 0) is 17.5 Å². The third-order valence-corrected chi connectivity index (χ3v) is 1.93. The van der Waals surface area contributed by atoms with Crippen molar-refractivity contribution in [2.24, 2.45) is 0 Å². The number of aliphatic hydroxyl groups is 1. The lowest BCUT2D eigenvalue weighted by Crippen LogP contribution is -2.00. The Kier molecular flexibility index (Phi) is 3.23. The van der Waals surface area contributed by atoms with Gasteiger partial charge in [-0.1, -0.05) is 31.2 Å². The van der Waals surface area contributed by atoms with E-state index in [2.05, 4.69) is 0 Å². The highest BCUT2D eigenvalue weighted by molar-refractivity contribution is 5.29. The van der Waals surface area contributed by atoms with E-state index in [1.807, 2.05) is 19.1 Å². The van der Waals surface area contributed by atoms with Gasteiger partial charge in [-0.2, -0.15) is 0 Å². The highest BCUT2D eigenvalue weighted by atomic mass is 19.1. The zero-order chi connectivity index (χ0) is 8.97. The van der Waals surface area contributed by atoms with E-state index < -0.39 is 12.8 Å². The fraction of sp³-hybridized carbons (Fsp3) is 0.400. The Morgan fingerprint density at radius 3 is 2.67 bits per heavy atom. The van der Waals surface area contributed by atoms with Gasteiger partial charge in [0, 0.05) is 0 Å². The van der Waals surface area contributed by atoms with Crippen molar-refractivity contribution < 1.29 is 9.50 Å². The molecule has 0 aromatic heterocycles. The van der Waals surface area contributed by atoms with E-state index in [-0.39, 0.29) is 0 Å². The van der Waals surface area contributed by atoms with Crippen LogP contribution in [0, 0.1) is 0 Å². The van der Waals surface area contributed by atoms with Gasteiger partial charge in [-0.15, -0.1) is 0 Å². The molecular formula is C10H13FO. The van der Waals surface area contributed by atoms with Crippen molar-refractivity contribution in [2.45, 2.75) is 19.5 Å². The molecule has 0 aliphatic rings. The van der Waals surface area contributed by atoms with E-state index >= 15 is 0 Å². The molecule has 0 radical (unpaired) electrons. The first-order chi connectivity index (χ1) is 5.79. The third-order valence-electron chi connectivity index (χ3n) is 1.93. The number of hydrogen-bond donors (Lipinski definition) is 1. The Bertz CT molecular complexity index is 247. The van der Waals surface area contributed by atoms with Crippen molar-refractivity contribution in [2.75, 3.05) is 6.61 Å². The first-order valence-electron chi connectivity index (χ1n) is 4.12. The standard InChI is InChI=1S/C10H13FO/c1-2-8-5-3-4-6-9(8)10(11)7-12/h3-6,10,12H,2,7H2,1H3. The smallest absolute Gasteiger partial charge is 0.148 e. The fourth-order valence-corrected chi connectivity index (χ4v) is 1.26. The number of alkyl halides is 1. The number of halogens is 1. The van der Waals surface area contributed by atoms with Crippen LogP contribution in [0.4, 0.5) is 4.39 Å². The zero-order valence-corrected chi connectivity index (χ0v) is 7.13. The molecule has 1 aromatic rings. The van der Waals surface area contributed by atoms with Crippen molar-refractivity contribution in [1.82, 2.24) is 0 Å². The maximum atomic E-state index is 13.1. The van der Waals surface area contributed by atoms with Crippen LogP contribution >= 0.6 is 0 Å². The summed E-state index contributed by atoms with van der Waals surface area (Å²) in [6.45, 7) is 1.54. The van der Waals surface area contributed by atoms with Gasteiger partial charge in [0.1, 0.15) is 6.17 Å². The molecule has 0 spiro atoms. The summed E-state index contributed by atoms with van der Waals surface area (Å²) in [4.78, 5) is 0. The first-order valence-corrected chi connectivity index (χ1v) is 4.12. The Morgan fingerprint density at radius 2 is 2.08 bits per heavy atom. The van der Waals surface area contributed by atoms with Crippen LogP contribution in [0.15, 0.2) is 24.3 Å². The monoisotopic (exact) mass is 168 g/mol. The maximum Gasteiger partial charge on any atom is 0.148 e. The molecule has 2 heteroatoms. The summed E-state index contributed by atoms with van der Waals surface area (Å²) in [5, 5.41) is 8.63. The second kappa shape index (κ2) is 4.21. The van der Waals surface area contributed by atoms with Gasteiger partial charge in [0.25, 0.3) is 0 Å². The molecule has 1 nitrogen and oxygen atoms in total. The molecule has 1 atom stereocenters. The quantitative estimate of drug-likeness (QED) is 0.734. The molecule has 0 bridgehead atoms. The number of aliphatic hydroxyl groups excluding tert-OH is 1. The second-order valence-electron chi connectivity index (χ2n) is 2.70. The van der Waals surface area contributed by atoms with Gasteiger partial charge in [-0.25, -0.2) is 4.39 Å². The van der Waals surface area contributed by atoms with E-state index in [1.54, 1.807) is 12.1 Å². The van der Waals surface area contributed by atoms with Gasteiger partial charge >= 0.3 is 0 Å². The summed E-state index contributed by atoms with van der Waals surface area (Å²) in [6, 6.07) is 7.28. The van der Waals surface area contributed by atoms with Crippen molar-refractivity contribution in [3.8, 4) is 0 Å². The molecule has 0 aliphatic heterocycles. The van der Waals surface area contributed by atoms with E-state index in [9.17, 15) is 4.39 Å². The van der Waals surface area contributed by atoms with Crippen molar-refractivity contribution >= 4 is 0 Å².